The number of nitrogens with one attached hydrogen (secondary N) is 1. The van der Waals surface area contributed by atoms with Gasteiger partial charge in [0.15, 0.2) is 6.61 Å². The van der Waals surface area contributed by atoms with E-state index in [1.807, 2.05) is 66.2 Å². The molecule has 0 radical (unpaired) electrons. The summed E-state index contributed by atoms with van der Waals surface area (Å²) in [4.78, 5) is 16.3. The summed E-state index contributed by atoms with van der Waals surface area (Å²) in [6.45, 7) is 2.61. The summed E-state index contributed by atoms with van der Waals surface area (Å²) >= 11 is 0. The number of nitrogens with zero attached hydrogens (tertiary/aromatic N) is 2. The van der Waals surface area contributed by atoms with E-state index in [1.165, 1.54) is 5.56 Å². The van der Waals surface area contributed by atoms with Gasteiger partial charge in [-0.3, -0.25) is 4.79 Å². The third-order valence-corrected chi connectivity index (χ3v) is 3.47. The van der Waals surface area contributed by atoms with Crippen molar-refractivity contribution >= 4 is 11.6 Å². The van der Waals surface area contributed by atoms with Crippen LogP contribution in [0.2, 0.25) is 0 Å². The van der Waals surface area contributed by atoms with Crippen LogP contribution in [0.15, 0.2) is 54.9 Å². The molecule has 0 saturated heterocycles. The molecule has 1 aromatic carbocycles. The number of rotatable bonds is 6. The van der Waals surface area contributed by atoms with E-state index in [0.29, 0.717) is 18.7 Å². The summed E-state index contributed by atoms with van der Waals surface area (Å²) in [6, 6.07) is 13.3. The first-order chi connectivity index (χ1) is 11.2. The maximum atomic E-state index is 11.8. The van der Waals surface area contributed by atoms with Crippen LogP contribution in [0.3, 0.4) is 0 Å². The summed E-state index contributed by atoms with van der Waals surface area (Å²) < 4.78 is 7.40. The molecule has 0 unspecified atom stereocenters. The highest BCUT2D eigenvalue weighted by Crippen LogP contribution is 2.08. The molecular formula is C18H19N3O2. The molecule has 1 N–H and O–H groups in total. The molecule has 1 amide bonds. The smallest absolute Gasteiger partial charge is 0.257 e. The fraction of sp³-hybridized carbons (Fsp3) is 0.222. The summed E-state index contributed by atoms with van der Waals surface area (Å²) in [5.74, 6) is 0.562. The van der Waals surface area contributed by atoms with E-state index >= 15 is 0 Å². The molecule has 0 aliphatic carbocycles. The Kier molecular flexibility index (Phi) is 4.57. The Morgan fingerprint density at radius 3 is 2.83 bits per heavy atom. The average Bonchev–Trinajstić information content (AvgIpc) is 2.95. The van der Waals surface area contributed by atoms with Gasteiger partial charge >= 0.3 is 0 Å². The highest BCUT2D eigenvalue weighted by atomic mass is 16.5. The van der Waals surface area contributed by atoms with Crippen molar-refractivity contribution in [1.29, 1.82) is 0 Å². The van der Waals surface area contributed by atoms with Crippen LogP contribution in [0.4, 0.5) is 0 Å². The summed E-state index contributed by atoms with van der Waals surface area (Å²) in [7, 11) is 0. The lowest BCUT2D eigenvalue weighted by Crippen LogP contribution is -2.30. The normalized spacial score (nSPS) is 10.7. The largest absolute Gasteiger partial charge is 0.484 e. The molecule has 5 heteroatoms. The Labute approximate surface area is 134 Å². The second kappa shape index (κ2) is 6.96. The topological polar surface area (TPSA) is 55.6 Å². The number of benzene rings is 1. The zero-order valence-electron chi connectivity index (χ0n) is 13.0. The van der Waals surface area contributed by atoms with Crippen molar-refractivity contribution in [2.24, 2.45) is 0 Å². The maximum Gasteiger partial charge on any atom is 0.257 e. The van der Waals surface area contributed by atoms with Gasteiger partial charge in [0.1, 0.15) is 11.4 Å². The van der Waals surface area contributed by atoms with Crippen LogP contribution in [0, 0.1) is 6.92 Å². The Morgan fingerprint density at radius 2 is 2.00 bits per heavy atom. The van der Waals surface area contributed by atoms with Crippen molar-refractivity contribution in [2.45, 2.75) is 13.3 Å². The van der Waals surface area contributed by atoms with Gasteiger partial charge in [0, 0.05) is 25.4 Å². The van der Waals surface area contributed by atoms with Crippen LogP contribution in [0.1, 0.15) is 11.3 Å². The number of ether oxygens (including phenoxy) is 1. The third kappa shape index (κ3) is 4.10. The SMILES string of the molecule is Cc1ccc2nc(CCNC(=O)COc3ccccc3)cn2c1. The van der Waals surface area contributed by atoms with Gasteiger partial charge in [-0.15, -0.1) is 0 Å². The van der Waals surface area contributed by atoms with E-state index < -0.39 is 0 Å². The molecule has 0 saturated carbocycles. The number of hydrogen-bond acceptors (Lipinski definition) is 3. The number of aryl methyl sites for hydroxylation is 1. The molecule has 0 aliphatic heterocycles. The Morgan fingerprint density at radius 1 is 1.17 bits per heavy atom. The van der Waals surface area contributed by atoms with Gasteiger partial charge in [-0.1, -0.05) is 24.3 Å². The molecule has 0 atom stereocenters. The fourth-order valence-corrected chi connectivity index (χ4v) is 2.32. The van der Waals surface area contributed by atoms with Crippen LogP contribution in [-0.4, -0.2) is 28.4 Å². The molecular weight excluding hydrogens is 290 g/mol. The first-order valence-electron chi connectivity index (χ1n) is 7.59. The van der Waals surface area contributed by atoms with E-state index in [4.69, 9.17) is 4.74 Å². The van der Waals surface area contributed by atoms with E-state index in [2.05, 4.69) is 10.3 Å². The molecule has 0 aliphatic rings. The lowest BCUT2D eigenvalue weighted by molar-refractivity contribution is -0.123. The minimum atomic E-state index is -0.131. The number of carbonyl (C=O) groups excluding carboxylic acids is 1. The molecule has 5 nitrogen and oxygen atoms in total. The van der Waals surface area contributed by atoms with E-state index in [0.717, 1.165) is 11.3 Å². The average molecular weight is 309 g/mol. The number of fused-ring (bicyclic) bond motifs is 1. The van der Waals surface area contributed by atoms with E-state index in [9.17, 15) is 4.79 Å². The van der Waals surface area contributed by atoms with Gasteiger partial charge in [-0.2, -0.15) is 0 Å². The van der Waals surface area contributed by atoms with Gasteiger partial charge in [0.2, 0.25) is 0 Å². The van der Waals surface area contributed by atoms with Gasteiger partial charge in [-0.25, -0.2) is 4.98 Å². The molecule has 0 bridgehead atoms. The quantitative estimate of drug-likeness (QED) is 0.760. The summed E-state index contributed by atoms with van der Waals surface area (Å²) in [6.07, 6.45) is 4.73. The predicted molar refractivity (Wildman–Crippen MR) is 88.6 cm³/mol. The highest BCUT2D eigenvalue weighted by Gasteiger charge is 2.05. The molecule has 0 fully saturated rings. The third-order valence-electron chi connectivity index (χ3n) is 3.47. The summed E-state index contributed by atoms with van der Waals surface area (Å²) in [5, 5.41) is 2.84. The fourth-order valence-electron chi connectivity index (χ4n) is 2.32. The minimum Gasteiger partial charge on any atom is -0.484 e. The predicted octanol–water partition coefficient (Wildman–Crippen LogP) is 2.38. The van der Waals surface area contributed by atoms with Crippen molar-refractivity contribution in [3.05, 3.63) is 66.1 Å². The Hall–Kier alpha value is -2.82. The second-order valence-corrected chi connectivity index (χ2v) is 5.41. The number of amides is 1. The molecule has 2 aromatic heterocycles. The van der Waals surface area contributed by atoms with Crippen LogP contribution in [0.5, 0.6) is 5.75 Å². The zero-order chi connectivity index (χ0) is 16.1. The number of aromatic nitrogens is 2. The monoisotopic (exact) mass is 309 g/mol. The lowest BCUT2D eigenvalue weighted by atomic mass is 10.3. The van der Waals surface area contributed by atoms with Gasteiger partial charge in [-0.05, 0) is 30.7 Å². The molecule has 3 aromatic rings. The maximum absolute atomic E-state index is 11.8. The Bertz CT molecular complexity index is 796. The minimum absolute atomic E-state index is 0.0222. The highest BCUT2D eigenvalue weighted by molar-refractivity contribution is 5.77. The first kappa shape index (κ1) is 15.1. The molecule has 0 spiro atoms. The van der Waals surface area contributed by atoms with E-state index in [1.54, 1.807) is 0 Å². The van der Waals surface area contributed by atoms with Crippen LogP contribution in [-0.2, 0) is 11.2 Å². The van der Waals surface area contributed by atoms with Crippen molar-refractivity contribution in [3.63, 3.8) is 0 Å². The van der Waals surface area contributed by atoms with Crippen molar-refractivity contribution < 1.29 is 9.53 Å². The first-order valence-corrected chi connectivity index (χ1v) is 7.59. The van der Waals surface area contributed by atoms with Gasteiger partial charge in [0.05, 0.1) is 5.69 Å². The number of carbonyl (C=O) groups is 1. The molecule has 3 rings (SSSR count). The van der Waals surface area contributed by atoms with Gasteiger partial charge < -0.3 is 14.5 Å². The van der Waals surface area contributed by atoms with Crippen molar-refractivity contribution in [2.75, 3.05) is 13.2 Å². The van der Waals surface area contributed by atoms with Crippen molar-refractivity contribution in [3.8, 4) is 5.75 Å². The lowest BCUT2D eigenvalue weighted by Gasteiger charge is -2.06. The van der Waals surface area contributed by atoms with Crippen LogP contribution in [0.25, 0.3) is 5.65 Å². The van der Waals surface area contributed by atoms with E-state index in [-0.39, 0.29) is 12.5 Å². The van der Waals surface area contributed by atoms with Crippen molar-refractivity contribution in [1.82, 2.24) is 14.7 Å². The number of pyridine rings is 1. The Balaban J connectivity index is 1.45. The molecule has 23 heavy (non-hydrogen) atoms. The zero-order valence-corrected chi connectivity index (χ0v) is 13.0. The summed E-state index contributed by atoms with van der Waals surface area (Å²) in [5.41, 5.74) is 3.07. The van der Waals surface area contributed by atoms with Crippen LogP contribution >= 0.6 is 0 Å². The van der Waals surface area contributed by atoms with Gasteiger partial charge in [0.25, 0.3) is 5.91 Å². The molecule has 2 heterocycles. The standard InChI is InChI=1S/C18H19N3O2/c1-14-7-8-17-20-15(12-21(17)11-14)9-10-19-18(22)13-23-16-5-3-2-4-6-16/h2-8,11-12H,9-10,13H2,1H3,(H,19,22). The van der Waals surface area contributed by atoms with Crippen LogP contribution < -0.4 is 10.1 Å². The molecule has 118 valence electrons. The number of para-hydroxylation sites is 1. The number of hydrogen-bond donors (Lipinski definition) is 1. The number of imidazole rings is 1. The second-order valence-electron chi connectivity index (χ2n) is 5.41.